The molecule has 2 aliphatic rings. The summed E-state index contributed by atoms with van der Waals surface area (Å²) in [5, 5.41) is 9.93. The van der Waals surface area contributed by atoms with Gasteiger partial charge in [0.2, 0.25) is 0 Å². The molecule has 1 aromatic carbocycles. The normalized spacial score (nSPS) is 20.7. The highest BCUT2D eigenvalue weighted by Gasteiger charge is 2.70. The smallest absolute Gasteiger partial charge is 0.324 e. The average Bonchev–Trinajstić information content (AvgIpc) is 3.17. The molecule has 8 nitrogen and oxygen atoms in total. The lowest BCUT2D eigenvalue weighted by Crippen LogP contribution is -2.40. The first-order chi connectivity index (χ1) is 17.9. The van der Waals surface area contributed by atoms with Crippen LogP contribution in [0.25, 0.3) is 22.0 Å². The lowest BCUT2D eigenvalue weighted by molar-refractivity contribution is -0.139. The van der Waals surface area contributed by atoms with Crippen LogP contribution in [0.15, 0.2) is 46.3 Å². The molecule has 1 spiro atoms. The van der Waals surface area contributed by atoms with E-state index in [0.29, 0.717) is 15.6 Å². The number of anilines is 1. The SMILES string of the molecule is [2H]C([2H])([2H])n1cc(-c2cc(S(=O)(=O)C(C)(C)C(=O)O)ccc2N2CCC3(CC2)CC3(F)F)c2cc[nH]c2c1=O. The number of fused-ring (bicyclic) bond motifs is 1. The molecule has 2 aromatic heterocycles. The van der Waals surface area contributed by atoms with Gasteiger partial charge in [0.1, 0.15) is 5.52 Å². The molecule has 3 aromatic rings. The van der Waals surface area contributed by atoms with Crippen LogP contribution >= 0.6 is 0 Å². The maximum Gasteiger partial charge on any atom is 0.324 e. The van der Waals surface area contributed by atoms with Crippen molar-refractivity contribution in [1.29, 1.82) is 0 Å². The molecular formula is C25H27F2N3O5S. The van der Waals surface area contributed by atoms with Gasteiger partial charge in [-0.1, -0.05) is 0 Å². The van der Waals surface area contributed by atoms with Crippen molar-refractivity contribution in [2.24, 2.45) is 12.4 Å². The molecule has 2 fully saturated rings. The fourth-order valence-corrected chi connectivity index (χ4v) is 6.38. The monoisotopic (exact) mass is 522 g/mol. The molecule has 1 saturated carbocycles. The Labute approximate surface area is 210 Å². The number of rotatable bonds is 5. The zero-order valence-electron chi connectivity index (χ0n) is 22.6. The predicted octanol–water partition coefficient (Wildman–Crippen LogP) is 3.80. The molecular weight excluding hydrogens is 492 g/mol. The van der Waals surface area contributed by atoms with Crippen LogP contribution in [0, 0.1) is 5.41 Å². The third kappa shape index (κ3) is 3.39. The van der Waals surface area contributed by atoms with Crippen LogP contribution in [-0.2, 0) is 21.6 Å². The van der Waals surface area contributed by atoms with Crippen molar-refractivity contribution in [3.8, 4) is 11.1 Å². The number of aliphatic carboxylic acids is 1. The second kappa shape index (κ2) is 7.64. The highest BCUT2D eigenvalue weighted by molar-refractivity contribution is 7.93. The van der Waals surface area contributed by atoms with Crippen LogP contribution < -0.4 is 10.5 Å². The van der Waals surface area contributed by atoms with Crippen molar-refractivity contribution >= 4 is 32.4 Å². The number of piperidine rings is 1. The Morgan fingerprint density at radius 1 is 1.19 bits per heavy atom. The van der Waals surface area contributed by atoms with E-state index in [0.717, 1.165) is 20.0 Å². The average molecular weight is 523 g/mol. The van der Waals surface area contributed by atoms with E-state index in [4.69, 9.17) is 4.11 Å². The molecule has 36 heavy (non-hydrogen) atoms. The molecule has 0 unspecified atom stereocenters. The van der Waals surface area contributed by atoms with E-state index in [1.807, 2.05) is 4.90 Å². The quantitative estimate of drug-likeness (QED) is 0.527. The Hall–Kier alpha value is -3.21. The number of pyridine rings is 1. The number of aromatic nitrogens is 2. The van der Waals surface area contributed by atoms with Crippen molar-refractivity contribution in [3.05, 3.63) is 47.0 Å². The van der Waals surface area contributed by atoms with Crippen LogP contribution in [0.5, 0.6) is 0 Å². The molecule has 0 atom stereocenters. The van der Waals surface area contributed by atoms with Gasteiger partial charge in [-0.25, -0.2) is 17.2 Å². The molecule has 1 aliphatic carbocycles. The van der Waals surface area contributed by atoms with Crippen molar-refractivity contribution in [3.63, 3.8) is 0 Å². The number of carboxylic acid groups (broad SMARTS) is 1. The van der Waals surface area contributed by atoms with E-state index in [1.165, 1.54) is 24.4 Å². The molecule has 0 amide bonds. The minimum Gasteiger partial charge on any atom is -0.480 e. The Morgan fingerprint density at radius 3 is 2.44 bits per heavy atom. The maximum atomic E-state index is 14.0. The molecule has 11 heteroatoms. The van der Waals surface area contributed by atoms with Gasteiger partial charge in [-0.2, -0.15) is 0 Å². The summed E-state index contributed by atoms with van der Waals surface area (Å²) in [5.41, 5.74) is -0.937. The first kappa shape index (κ1) is 20.9. The Morgan fingerprint density at radius 2 is 1.86 bits per heavy atom. The summed E-state index contributed by atoms with van der Waals surface area (Å²) in [6.45, 7) is -0.209. The maximum absolute atomic E-state index is 14.0. The Bertz CT molecular complexity index is 1670. The molecule has 0 bridgehead atoms. The second-order valence-electron chi connectivity index (χ2n) is 10.1. The summed E-state index contributed by atoms with van der Waals surface area (Å²) >= 11 is 0. The zero-order valence-corrected chi connectivity index (χ0v) is 20.5. The molecule has 5 rings (SSSR count). The molecule has 2 N–H and O–H groups in total. The number of nitrogens with one attached hydrogen (secondary N) is 1. The third-order valence-electron chi connectivity index (χ3n) is 7.76. The fourth-order valence-electron chi connectivity index (χ4n) is 5.05. The number of hydrogen-bond donors (Lipinski definition) is 2. The number of sulfone groups is 1. The van der Waals surface area contributed by atoms with Crippen molar-refractivity contribution in [1.82, 2.24) is 9.55 Å². The number of carboxylic acids is 1. The van der Waals surface area contributed by atoms with Gasteiger partial charge in [-0.3, -0.25) is 9.59 Å². The van der Waals surface area contributed by atoms with Gasteiger partial charge in [0, 0.05) is 70.6 Å². The number of H-pyrrole nitrogens is 1. The van der Waals surface area contributed by atoms with E-state index in [9.17, 15) is 31.9 Å². The van der Waals surface area contributed by atoms with Gasteiger partial charge in [-0.05, 0) is 51.0 Å². The molecule has 1 aliphatic heterocycles. The number of benzene rings is 1. The summed E-state index contributed by atoms with van der Waals surface area (Å²) in [5.74, 6) is -4.27. The van der Waals surface area contributed by atoms with E-state index in [2.05, 4.69) is 4.98 Å². The standard InChI is InChI=1S/C25H27F2N3O5S/c1-23(2,22(32)33)36(34,35)15-4-5-19(30-10-7-24(8-11-30)14-25(24,26)27)17(12-15)18-13-29(3)21(31)20-16(18)6-9-28-20/h4-6,9,12-13,28H,7-8,10-11,14H2,1-3H3,(H,32,33)/i3D3. The number of nitrogens with zero attached hydrogens (tertiary/aromatic N) is 2. The van der Waals surface area contributed by atoms with E-state index in [-0.39, 0.29) is 53.9 Å². The van der Waals surface area contributed by atoms with E-state index >= 15 is 0 Å². The van der Waals surface area contributed by atoms with Crippen molar-refractivity contribution in [2.45, 2.75) is 48.7 Å². The zero-order chi connectivity index (χ0) is 28.8. The first-order valence-electron chi connectivity index (χ1n) is 12.9. The minimum absolute atomic E-state index is 0.0103. The summed E-state index contributed by atoms with van der Waals surface area (Å²) in [6.07, 6.45) is 2.85. The Balaban J connectivity index is 1.73. The largest absolute Gasteiger partial charge is 0.480 e. The van der Waals surface area contributed by atoms with E-state index in [1.54, 1.807) is 6.07 Å². The summed E-state index contributed by atoms with van der Waals surface area (Å²) in [7, 11) is -4.43. The molecule has 3 heterocycles. The molecule has 0 radical (unpaired) electrons. The van der Waals surface area contributed by atoms with Gasteiger partial charge in [0.25, 0.3) is 11.5 Å². The van der Waals surface area contributed by atoms with Crippen molar-refractivity contribution in [2.75, 3.05) is 18.0 Å². The Kier molecular flexibility index (Phi) is 4.44. The predicted molar refractivity (Wildman–Crippen MR) is 131 cm³/mol. The number of aromatic amines is 1. The van der Waals surface area contributed by atoms with Crippen LogP contribution in [0.4, 0.5) is 14.5 Å². The highest BCUT2D eigenvalue weighted by Crippen LogP contribution is 2.66. The number of alkyl halides is 2. The lowest BCUT2D eigenvalue weighted by Gasteiger charge is -2.35. The number of hydrogen-bond acceptors (Lipinski definition) is 5. The number of aryl methyl sites for hydroxylation is 1. The summed E-state index contributed by atoms with van der Waals surface area (Å²) < 4.78 is 76.8. The van der Waals surface area contributed by atoms with Gasteiger partial charge in [-0.15, -0.1) is 0 Å². The highest BCUT2D eigenvalue weighted by atomic mass is 32.2. The lowest BCUT2D eigenvalue weighted by atomic mass is 9.91. The van der Waals surface area contributed by atoms with Crippen LogP contribution in [-0.4, -0.2) is 52.8 Å². The fraction of sp³-hybridized carbons (Fsp3) is 0.440. The molecule has 192 valence electrons. The minimum atomic E-state index is -4.43. The summed E-state index contributed by atoms with van der Waals surface area (Å²) in [4.78, 5) is 29.0. The topological polar surface area (TPSA) is 112 Å². The second-order valence-corrected chi connectivity index (χ2v) is 12.6. The van der Waals surface area contributed by atoms with Crippen LogP contribution in [0.1, 0.15) is 37.2 Å². The van der Waals surface area contributed by atoms with Gasteiger partial charge in [0.15, 0.2) is 14.6 Å². The number of halogens is 2. The van der Waals surface area contributed by atoms with Crippen LogP contribution in [0.2, 0.25) is 0 Å². The van der Waals surface area contributed by atoms with E-state index < -0.39 is 44.4 Å². The van der Waals surface area contributed by atoms with Crippen LogP contribution in [0.3, 0.4) is 0 Å². The van der Waals surface area contributed by atoms with Crippen molar-refractivity contribution < 1.29 is 31.2 Å². The molecule has 1 saturated heterocycles. The summed E-state index contributed by atoms with van der Waals surface area (Å²) in [6, 6.07) is 5.56. The van der Waals surface area contributed by atoms with Gasteiger partial charge >= 0.3 is 5.97 Å². The third-order valence-corrected chi connectivity index (χ3v) is 10.1. The first-order valence-corrected chi connectivity index (χ1v) is 12.9. The van der Waals surface area contributed by atoms with Gasteiger partial charge < -0.3 is 19.6 Å². The number of carbonyl (C=O) groups is 1. The van der Waals surface area contributed by atoms with Gasteiger partial charge in [0.05, 0.1) is 4.90 Å².